The summed E-state index contributed by atoms with van der Waals surface area (Å²) >= 11 is 7.62. The lowest BCUT2D eigenvalue weighted by Gasteiger charge is -2.32. The molecule has 4 rings (SSSR count). The number of hydrogen-bond donors (Lipinski definition) is 1. The van der Waals surface area contributed by atoms with Gasteiger partial charge in [0.25, 0.3) is 5.91 Å². The van der Waals surface area contributed by atoms with E-state index < -0.39 is 11.9 Å². The number of anilines is 3. The highest BCUT2D eigenvalue weighted by Crippen LogP contribution is 2.47. The zero-order valence-electron chi connectivity index (χ0n) is 16.0. The molecule has 0 spiro atoms. The van der Waals surface area contributed by atoms with Crippen LogP contribution in [0.4, 0.5) is 17.1 Å². The number of fused-ring (bicyclic) bond motifs is 2. The van der Waals surface area contributed by atoms with E-state index in [9.17, 15) is 9.59 Å². The predicted octanol–water partition coefficient (Wildman–Crippen LogP) is 5.51. The van der Waals surface area contributed by atoms with E-state index in [1.807, 2.05) is 36.4 Å². The van der Waals surface area contributed by atoms with Crippen LogP contribution in [0.25, 0.3) is 0 Å². The summed E-state index contributed by atoms with van der Waals surface area (Å²) in [6, 6.07) is 23.0. The molecule has 7 heteroatoms. The zero-order chi connectivity index (χ0) is 20.9. The van der Waals surface area contributed by atoms with Gasteiger partial charge in [0.15, 0.2) is 6.61 Å². The van der Waals surface area contributed by atoms with Crippen LogP contribution in [0.1, 0.15) is 6.42 Å². The normalized spacial score (nSPS) is 12.0. The maximum atomic E-state index is 12.3. The molecule has 1 N–H and O–H groups in total. The number of carbonyl (C=O) groups is 2. The molecule has 1 heterocycles. The molecule has 0 aliphatic carbocycles. The van der Waals surface area contributed by atoms with Crippen molar-refractivity contribution in [2.45, 2.75) is 16.2 Å². The first-order valence-electron chi connectivity index (χ1n) is 9.44. The number of ether oxygens (including phenoxy) is 1. The van der Waals surface area contributed by atoms with Crippen molar-refractivity contribution < 1.29 is 14.3 Å². The average Bonchev–Trinajstić information content (AvgIpc) is 2.75. The first-order chi connectivity index (χ1) is 14.6. The molecule has 1 aliphatic heterocycles. The lowest BCUT2D eigenvalue weighted by molar-refractivity contribution is -0.147. The molecule has 30 heavy (non-hydrogen) atoms. The summed E-state index contributed by atoms with van der Waals surface area (Å²) in [5.74, 6) is -0.833. The van der Waals surface area contributed by atoms with Gasteiger partial charge in [-0.15, -0.1) is 0 Å². The Balaban J connectivity index is 1.35. The lowest BCUT2D eigenvalue weighted by Crippen LogP contribution is -2.26. The molecule has 1 amide bonds. The van der Waals surface area contributed by atoms with Crippen LogP contribution in [0.15, 0.2) is 82.6 Å². The largest absolute Gasteiger partial charge is 0.456 e. The van der Waals surface area contributed by atoms with Gasteiger partial charge in [-0.1, -0.05) is 53.7 Å². The van der Waals surface area contributed by atoms with Crippen LogP contribution in [0.5, 0.6) is 0 Å². The minimum Gasteiger partial charge on any atom is -0.456 e. The second-order valence-corrected chi connectivity index (χ2v) is 8.18. The fourth-order valence-electron chi connectivity index (χ4n) is 3.21. The summed E-state index contributed by atoms with van der Waals surface area (Å²) in [6.45, 7) is 0.123. The summed E-state index contributed by atoms with van der Waals surface area (Å²) < 4.78 is 5.16. The Bertz CT molecular complexity index is 1040. The predicted molar refractivity (Wildman–Crippen MR) is 120 cm³/mol. The molecule has 0 saturated carbocycles. The van der Waals surface area contributed by atoms with Gasteiger partial charge < -0.3 is 15.0 Å². The number of rotatable bonds is 6. The molecule has 5 nitrogen and oxygen atoms in total. The Hall–Kier alpha value is -2.96. The fourth-order valence-corrected chi connectivity index (χ4v) is 4.49. The van der Waals surface area contributed by atoms with Crippen LogP contribution in [0, 0.1) is 0 Å². The molecule has 0 unspecified atom stereocenters. The Labute approximate surface area is 184 Å². The number of halogens is 1. The number of esters is 1. The molecule has 0 bridgehead atoms. The van der Waals surface area contributed by atoms with Crippen molar-refractivity contribution in [1.82, 2.24) is 0 Å². The fraction of sp³-hybridized carbons (Fsp3) is 0.130. The molecule has 0 radical (unpaired) electrons. The maximum absolute atomic E-state index is 12.3. The Morgan fingerprint density at radius 1 is 0.933 bits per heavy atom. The molecule has 0 atom stereocenters. The van der Waals surface area contributed by atoms with Crippen molar-refractivity contribution in [1.29, 1.82) is 0 Å². The summed E-state index contributed by atoms with van der Waals surface area (Å²) in [7, 11) is 0. The van der Waals surface area contributed by atoms with E-state index in [2.05, 4.69) is 22.3 Å². The second-order valence-electron chi connectivity index (χ2n) is 6.66. The Morgan fingerprint density at radius 2 is 1.60 bits per heavy atom. The third kappa shape index (κ3) is 4.78. The highest BCUT2D eigenvalue weighted by Gasteiger charge is 2.23. The second kappa shape index (κ2) is 9.24. The van der Waals surface area contributed by atoms with Crippen molar-refractivity contribution in [3.8, 4) is 0 Å². The number of hydrogen-bond acceptors (Lipinski definition) is 5. The molecular formula is C23H19ClN2O3S. The van der Waals surface area contributed by atoms with Gasteiger partial charge in [0.1, 0.15) is 0 Å². The Kier molecular flexibility index (Phi) is 6.26. The van der Waals surface area contributed by atoms with Gasteiger partial charge in [-0.25, -0.2) is 0 Å². The lowest BCUT2D eigenvalue weighted by atomic mass is 10.2. The number of nitrogens with one attached hydrogen (secondary N) is 1. The topological polar surface area (TPSA) is 58.6 Å². The van der Waals surface area contributed by atoms with Gasteiger partial charge in [0.2, 0.25) is 0 Å². The number of para-hydroxylation sites is 2. The van der Waals surface area contributed by atoms with E-state index in [0.717, 1.165) is 21.2 Å². The number of amides is 1. The molecule has 0 fully saturated rings. The molecule has 3 aromatic rings. The summed E-state index contributed by atoms with van der Waals surface area (Å²) in [6.07, 6.45) is 0.164. The SMILES string of the molecule is O=C(COC(=O)CCN1c2ccccc2Sc2ccccc21)Nc1cccc(Cl)c1. The van der Waals surface area contributed by atoms with Crippen molar-refractivity contribution >= 4 is 52.3 Å². The molecular weight excluding hydrogens is 420 g/mol. The van der Waals surface area contributed by atoms with Crippen molar-refractivity contribution in [2.75, 3.05) is 23.4 Å². The minimum atomic E-state index is -0.426. The van der Waals surface area contributed by atoms with E-state index in [1.54, 1.807) is 36.0 Å². The molecule has 0 aromatic heterocycles. The van der Waals surface area contributed by atoms with E-state index in [1.165, 1.54) is 0 Å². The van der Waals surface area contributed by atoms with Crippen molar-refractivity contribution in [3.05, 3.63) is 77.8 Å². The molecule has 3 aromatic carbocycles. The van der Waals surface area contributed by atoms with Crippen LogP contribution in [-0.4, -0.2) is 25.0 Å². The summed E-state index contributed by atoms with van der Waals surface area (Å²) in [5.41, 5.74) is 2.68. The van der Waals surface area contributed by atoms with Crippen LogP contribution in [0.3, 0.4) is 0 Å². The van der Waals surface area contributed by atoms with Gasteiger partial charge in [0.05, 0.1) is 17.8 Å². The summed E-state index contributed by atoms with van der Waals surface area (Å²) in [4.78, 5) is 28.7. The highest BCUT2D eigenvalue weighted by atomic mass is 35.5. The van der Waals surface area contributed by atoms with E-state index >= 15 is 0 Å². The van der Waals surface area contributed by atoms with E-state index in [-0.39, 0.29) is 13.0 Å². The minimum absolute atomic E-state index is 0.164. The molecule has 152 valence electrons. The van der Waals surface area contributed by atoms with Gasteiger partial charge in [-0.05, 0) is 42.5 Å². The monoisotopic (exact) mass is 438 g/mol. The smallest absolute Gasteiger partial charge is 0.308 e. The number of nitrogens with zero attached hydrogens (tertiary/aromatic N) is 1. The third-order valence-electron chi connectivity index (χ3n) is 4.54. The van der Waals surface area contributed by atoms with Crippen molar-refractivity contribution in [2.24, 2.45) is 0 Å². The van der Waals surface area contributed by atoms with E-state index in [4.69, 9.17) is 16.3 Å². The van der Waals surface area contributed by atoms with Gasteiger partial charge in [-0.2, -0.15) is 0 Å². The standard InChI is InChI=1S/C23H19ClN2O3S/c24-16-6-5-7-17(14-16)25-22(27)15-29-23(28)12-13-26-18-8-1-3-10-20(18)30-21-11-4-2-9-19(21)26/h1-11,14H,12-13,15H2,(H,25,27). The molecule has 1 aliphatic rings. The van der Waals surface area contributed by atoms with E-state index in [0.29, 0.717) is 17.3 Å². The van der Waals surface area contributed by atoms with Crippen LogP contribution < -0.4 is 10.2 Å². The first kappa shape index (κ1) is 20.3. The first-order valence-corrected chi connectivity index (χ1v) is 10.6. The van der Waals surface area contributed by atoms with Crippen molar-refractivity contribution in [3.63, 3.8) is 0 Å². The van der Waals surface area contributed by atoms with Gasteiger partial charge >= 0.3 is 5.97 Å². The average molecular weight is 439 g/mol. The van der Waals surface area contributed by atoms with Gasteiger partial charge in [0, 0.05) is 27.0 Å². The zero-order valence-corrected chi connectivity index (χ0v) is 17.6. The molecule has 0 saturated heterocycles. The number of carbonyl (C=O) groups excluding carboxylic acids is 2. The van der Waals surface area contributed by atoms with Crippen LogP contribution >= 0.6 is 23.4 Å². The van der Waals surface area contributed by atoms with Gasteiger partial charge in [-0.3, -0.25) is 9.59 Å². The Morgan fingerprint density at radius 3 is 2.27 bits per heavy atom. The maximum Gasteiger partial charge on any atom is 0.308 e. The van der Waals surface area contributed by atoms with Crippen LogP contribution in [0.2, 0.25) is 5.02 Å². The highest BCUT2D eigenvalue weighted by molar-refractivity contribution is 7.99. The quantitative estimate of drug-likeness (QED) is 0.514. The van der Waals surface area contributed by atoms with Crippen LogP contribution in [-0.2, 0) is 14.3 Å². The summed E-state index contributed by atoms with van der Waals surface area (Å²) in [5, 5.41) is 3.17. The number of benzene rings is 3. The third-order valence-corrected chi connectivity index (χ3v) is 5.91.